The summed E-state index contributed by atoms with van der Waals surface area (Å²) in [5, 5.41) is 0. The predicted octanol–water partition coefficient (Wildman–Crippen LogP) is 1.05. The van der Waals surface area contributed by atoms with Crippen molar-refractivity contribution in [3.63, 3.8) is 0 Å². The van der Waals surface area contributed by atoms with Gasteiger partial charge in [-0.2, -0.15) is 0 Å². The fraction of sp³-hybridized carbons (Fsp3) is 0.750. The molecule has 0 aliphatic heterocycles. The summed E-state index contributed by atoms with van der Waals surface area (Å²) in [6, 6.07) is 0. The van der Waals surface area contributed by atoms with Gasteiger partial charge in [0.25, 0.3) is 0 Å². The van der Waals surface area contributed by atoms with E-state index in [4.69, 9.17) is 0 Å². The van der Waals surface area contributed by atoms with E-state index in [1.807, 2.05) is 0 Å². The van der Waals surface area contributed by atoms with Gasteiger partial charge in [-0.25, -0.2) is 0 Å². The predicted molar refractivity (Wildman–Crippen MR) is 37.5 cm³/mol. The van der Waals surface area contributed by atoms with Crippen molar-refractivity contribution in [2.24, 2.45) is 17.8 Å². The second-order valence-corrected chi connectivity index (χ2v) is 3.18. The topological polar surface area (TPSA) is 34.1 Å². The molecule has 1 rings (SSSR count). The number of carbonyl (C=O) groups is 2. The van der Waals surface area contributed by atoms with Crippen LogP contribution in [0, 0.1) is 17.8 Å². The van der Waals surface area contributed by atoms with Gasteiger partial charge in [0, 0.05) is 11.8 Å². The molecule has 1 fully saturated rings. The van der Waals surface area contributed by atoms with Crippen LogP contribution in [0.1, 0.15) is 19.8 Å². The highest BCUT2D eigenvalue weighted by Crippen LogP contribution is 2.33. The average molecular weight is 140 g/mol. The molecule has 2 heteroatoms. The van der Waals surface area contributed by atoms with E-state index >= 15 is 0 Å². The van der Waals surface area contributed by atoms with Crippen molar-refractivity contribution in [2.45, 2.75) is 19.8 Å². The maximum absolute atomic E-state index is 10.4. The molecule has 0 spiro atoms. The van der Waals surface area contributed by atoms with Gasteiger partial charge in [0.1, 0.15) is 12.6 Å². The van der Waals surface area contributed by atoms with Crippen LogP contribution in [0.25, 0.3) is 0 Å². The van der Waals surface area contributed by atoms with Crippen LogP contribution < -0.4 is 0 Å². The third kappa shape index (κ3) is 1.25. The van der Waals surface area contributed by atoms with E-state index < -0.39 is 0 Å². The minimum Gasteiger partial charge on any atom is -0.303 e. The monoisotopic (exact) mass is 140 g/mol. The molecule has 0 N–H and O–H groups in total. The first-order valence-corrected chi connectivity index (χ1v) is 3.68. The van der Waals surface area contributed by atoms with Crippen molar-refractivity contribution in [2.75, 3.05) is 0 Å². The Morgan fingerprint density at radius 2 is 1.50 bits per heavy atom. The zero-order chi connectivity index (χ0) is 7.56. The molecule has 2 atom stereocenters. The molecule has 0 saturated heterocycles. The first kappa shape index (κ1) is 7.45. The number of aldehydes is 2. The maximum atomic E-state index is 10.4. The normalized spacial score (nSPS) is 39.5. The average Bonchev–Trinajstić information content (AvgIpc) is 2.30. The third-order valence-corrected chi connectivity index (χ3v) is 2.25. The van der Waals surface area contributed by atoms with Gasteiger partial charge in [-0.1, -0.05) is 6.92 Å². The first-order chi connectivity index (χ1) is 4.77. The Morgan fingerprint density at radius 3 is 1.80 bits per heavy atom. The molecule has 0 aromatic rings. The molecule has 10 heavy (non-hydrogen) atoms. The Labute approximate surface area is 60.6 Å². The van der Waals surface area contributed by atoms with Crippen LogP contribution >= 0.6 is 0 Å². The van der Waals surface area contributed by atoms with Crippen molar-refractivity contribution in [1.29, 1.82) is 0 Å². The van der Waals surface area contributed by atoms with E-state index in [0.29, 0.717) is 5.92 Å². The summed E-state index contributed by atoms with van der Waals surface area (Å²) >= 11 is 0. The van der Waals surface area contributed by atoms with Crippen LogP contribution in [0.2, 0.25) is 0 Å². The van der Waals surface area contributed by atoms with Crippen LogP contribution in [0.3, 0.4) is 0 Å². The molecule has 0 radical (unpaired) electrons. The zero-order valence-electron chi connectivity index (χ0n) is 6.12. The van der Waals surface area contributed by atoms with Crippen LogP contribution in [0.5, 0.6) is 0 Å². The lowest BCUT2D eigenvalue weighted by molar-refractivity contribution is -0.118. The van der Waals surface area contributed by atoms with Crippen LogP contribution in [0.4, 0.5) is 0 Å². The standard InChI is InChI=1S/C8H12O2/c1-6-2-7(4-9)8(3-6)5-10/h4-8H,2-3H2,1H3. The van der Waals surface area contributed by atoms with E-state index in [2.05, 4.69) is 6.92 Å². The fourth-order valence-corrected chi connectivity index (χ4v) is 1.69. The molecule has 0 amide bonds. The van der Waals surface area contributed by atoms with Crippen LogP contribution in [-0.4, -0.2) is 12.6 Å². The number of hydrogen-bond donors (Lipinski definition) is 0. The van der Waals surface area contributed by atoms with Gasteiger partial charge in [0.2, 0.25) is 0 Å². The Bertz CT molecular complexity index is 126. The van der Waals surface area contributed by atoms with Crippen molar-refractivity contribution in [1.82, 2.24) is 0 Å². The summed E-state index contributed by atoms with van der Waals surface area (Å²) in [5.74, 6) is 0.561. The maximum Gasteiger partial charge on any atom is 0.123 e. The summed E-state index contributed by atoms with van der Waals surface area (Å²) < 4.78 is 0. The molecule has 1 aliphatic rings. The first-order valence-electron chi connectivity index (χ1n) is 3.68. The highest BCUT2D eigenvalue weighted by atomic mass is 16.1. The van der Waals surface area contributed by atoms with Crippen molar-refractivity contribution in [3.8, 4) is 0 Å². The Kier molecular flexibility index (Phi) is 2.20. The van der Waals surface area contributed by atoms with E-state index in [1.54, 1.807) is 0 Å². The van der Waals surface area contributed by atoms with Gasteiger partial charge in [0.15, 0.2) is 0 Å². The molecule has 0 heterocycles. The van der Waals surface area contributed by atoms with E-state index in [9.17, 15) is 9.59 Å². The summed E-state index contributed by atoms with van der Waals surface area (Å²) in [6.07, 6.45) is 3.63. The van der Waals surface area contributed by atoms with Crippen molar-refractivity contribution < 1.29 is 9.59 Å². The fourth-order valence-electron chi connectivity index (χ4n) is 1.69. The second kappa shape index (κ2) is 2.95. The van der Waals surface area contributed by atoms with Crippen molar-refractivity contribution in [3.05, 3.63) is 0 Å². The molecular formula is C8H12O2. The van der Waals surface area contributed by atoms with Gasteiger partial charge in [-0.15, -0.1) is 0 Å². The number of carbonyl (C=O) groups excluding carboxylic acids is 2. The van der Waals surface area contributed by atoms with Crippen LogP contribution in [0.15, 0.2) is 0 Å². The lowest BCUT2D eigenvalue weighted by Crippen LogP contribution is -2.09. The van der Waals surface area contributed by atoms with E-state index in [1.165, 1.54) is 0 Å². The Morgan fingerprint density at radius 1 is 1.10 bits per heavy atom. The molecule has 2 nitrogen and oxygen atoms in total. The molecular weight excluding hydrogens is 128 g/mol. The lowest BCUT2D eigenvalue weighted by atomic mass is 10.00. The van der Waals surface area contributed by atoms with Crippen molar-refractivity contribution >= 4 is 12.6 Å². The molecule has 0 aromatic carbocycles. The third-order valence-electron chi connectivity index (χ3n) is 2.25. The van der Waals surface area contributed by atoms with E-state index in [0.717, 1.165) is 25.4 Å². The summed E-state index contributed by atoms with van der Waals surface area (Å²) in [5.41, 5.74) is 0. The van der Waals surface area contributed by atoms with Gasteiger partial charge in [0.05, 0.1) is 0 Å². The highest BCUT2D eigenvalue weighted by molar-refractivity contribution is 5.65. The minimum atomic E-state index is 0.00694. The number of rotatable bonds is 2. The minimum absolute atomic E-state index is 0.00694. The molecule has 1 saturated carbocycles. The molecule has 1 aliphatic carbocycles. The number of hydrogen-bond acceptors (Lipinski definition) is 2. The summed E-state index contributed by atoms with van der Waals surface area (Å²) in [6.45, 7) is 2.08. The smallest absolute Gasteiger partial charge is 0.123 e. The van der Waals surface area contributed by atoms with Gasteiger partial charge in [-0.05, 0) is 18.8 Å². The SMILES string of the molecule is CC1CC(C=O)C(C=O)C1. The summed E-state index contributed by atoms with van der Waals surface area (Å²) in [7, 11) is 0. The Balaban J connectivity index is 2.56. The molecule has 2 unspecified atom stereocenters. The second-order valence-electron chi connectivity index (χ2n) is 3.18. The van der Waals surface area contributed by atoms with E-state index in [-0.39, 0.29) is 11.8 Å². The highest BCUT2D eigenvalue weighted by Gasteiger charge is 2.30. The van der Waals surface area contributed by atoms with Gasteiger partial charge >= 0.3 is 0 Å². The quantitative estimate of drug-likeness (QED) is 0.537. The van der Waals surface area contributed by atoms with Crippen LogP contribution in [-0.2, 0) is 9.59 Å². The Hall–Kier alpha value is -0.660. The largest absolute Gasteiger partial charge is 0.303 e. The summed E-state index contributed by atoms with van der Waals surface area (Å²) in [4.78, 5) is 20.7. The lowest BCUT2D eigenvalue weighted by Gasteiger charge is -2.02. The molecule has 0 bridgehead atoms. The van der Waals surface area contributed by atoms with Gasteiger partial charge < -0.3 is 9.59 Å². The molecule has 56 valence electrons. The molecule has 0 aromatic heterocycles. The van der Waals surface area contributed by atoms with Gasteiger partial charge in [-0.3, -0.25) is 0 Å². The zero-order valence-corrected chi connectivity index (χ0v) is 6.12.